The van der Waals surface area contributed by atoms with Crippen LogP contribution in [-0.2, 0) is 25.6 Å². The highest BCUT2D eigenvalue weighted by molar-refractivity contribution is 7.98. The molecule has 35 heavy (non-hydrogen) atoms. The Morgan fingerprint density at radius 3 is 2.37 bits per heavy atom. The Labute approximate surface area is 207 Å². The van der Waals surface area contributed by atoms with Crippen LogP contribution in [0.4, 0.5) is 0 Å². The number of aromatic amines is 1. The Morgan fingerprint density at radius 1 is 1.06 bits per heavy atom. The van der Waals surface area contributed by atoms with Crippen molar-refractivity contribution in [3.63, 3.8) is 0 Å². The summed E-state index contributed by atoms with van der Waals surface area (Å²) in [5.41, 5.74) is 7.63. The summed E-state index contributed by atoms with van der Waals surface area (Å²) in [5, 5.41) is 27.0. The number of aliphatic hydroxyl groups is 1. The molecule has 0 spiro atoms. The van der Waals surface area contributed by atoms with Crippen LogP contribution in [0.2, 0.25) is 0 Å². The summed E-state index contributed by atoms with van der Waals surface area (Å²) < 4.78 is 0. The Balaban J connectivity index is 2.17. The molecule has 2 aromatic rings. The van der Waals surface area contributed by atoms with Gasteiger partial charge < -0.3 is 36.9 Å². The minimum absolute atomic E-state index is 0.136. The summed E-state index contributed by atoms with van der Waals surface area (Å²) in [6, 6.07) is 3.01. The molecule has 5 unspecified atom stereocenters. The number of rotatable bonds is 13. The second-order valence-electron chi connectivity index (χ2n) is 8.31. The lowest BCUT2D eigenvalue weighted by atomic mass is 10.0. The summed E-state index contributed by atoms with van der Waals surface area (Å²) in [4.78, 5) is 52.6. The van der Waals surface area contributed by atoms with E-state index in [9.17, 15) is 24.3 Å². The number of nitrogens with two attached hydrogens (primary N) is 1. The van der Waals surface area contributed by atoms with Crippen molar-refractivity contribution in [1.29, 1.82) is 0 Å². The number of benzene rings is 1. The minimum atomic E-state index is -1.53. The van der Waals surface area contributed by atoms with Crippen molar-refractivity contribution in [2.24, 2.45) is 5.73 Å². The number of carbonyl (C=O) groups is 4. The van der Waals surface area contributed by atoms with Gasteiger partial charge in [0.25, 0.3) is 0 Å². The number of aliphatic hydroxyl groups excluding tert-OH is 1. The van der Waals surface area contributed by atoms with Gasteiger partial charge in [0, 0.05) is 23.5 Å². The molecule has 0 aliphatic rings. The third-order valence-corrected chi connectivity index (χ3v) is 6.14. The van der Waals surface area contributed by atoms with Crippen LogP contribution in [0.15, 0.2) is 30.5 Å². The number of carboxylic acid groups (broad SMARTS) is 1. The highest BCUT2D eigenvalue weighted by Crippen LogP contribution is 2.19. The molecule has 0 saturated carbocycles. The van der Waals surface area contributed by atoms with Crippen LogP contribution in [0, 0.1) is 0 Å². The zero-order valence-electron chi connectivity index (χ0n) is 19.9. The number of hydrogen-bond donors (Lipinski definition) is 7. The van der Waals surface area contributed by atoms with Gasteiger partial charge in [-0.25, -0.2) is 4.79 Å². The van der Waals surface area contributed by atoms with Gasteiger partial charge in [0.2, 0.25) is 17.7 Å². The number of nitrogens with one attached hydrogen (secondary N) is 4. The lowest BCUT2D eigenvalue weighted by Crippen LogP contribution is -2.58. The summed E-state index contributed by atoms with van der Waals surface area (Å²) in [7, 11) is 0. The Morgan fingerprint density at radius 2 is 1.74 bits per heavy atom. The number of H-pyrrole nitrogens is 1. The highest BCUT2D eigenvalue weighted by atomic mass is 32.2. The lowest BCUT2D eigenvalue weighted by Gasteiger charge is -2.24. The van der Waals surface area contributed by atoms with Crippen molar-refractivity contribution in [3.05, 3.63) is 36.0 Å². The maximum atomic E-state index is 13.1. The van der Waals surface area contributed by atoms with Crippen molar-refractivity contribution in [3.8, 4) is 0 Å². The SMILES string of the molecule is CSCCC(N)C(=O)NC(Cc1c[nH]c2ccccc12)C(=O)NC(C)C(=O)NC(C(=O)O)C(C)O. The van der Waals surface area contributed by atoms with E-state index in [2.05, 4.69) is 20.9 Å². The first-order valence-corrected chi connectivity index (χ1v) is 12.6. The number of amides is 3. The molecule has 3 amide bonds. The maximum Gasteiger partial charge on any atom is 0.328 e. The van der Waals surface area contributed by atoms with E-state index < -0.39 is 54.0 Å². The highest BCUT2D eigenvalue weighted by Gasteiger charge is 2.30. The van der Waals surface area contributed by atoms with Crippen LogP contribution in [0.5, 0.6) is 0 Å². The smallest absolute Gasteiger partial charge is 0.328 e. The topological polar surface area (TPSA) is 187 Å². The fourth-order valence-corrected chi connectivity index (χ4v) is 3.92. The Bertz CT molecular complexity index is 1040. The van der Waals surface area contributed by atoms with Crippen molar-refractivity contribution >= 4 is 46.4 Å². The predicted octanol–water partition coefficient (Wildman–Crippen LogP) is -0.269. The lowest BCUT2D eigenvalue weighted by molar-refractivity contribution is -0.145. The van der Waals surface area contributed by atoms with Gasteiger partial charge in [-0.15, -0.1) is 0 Å². The number of hydrogen-bond acceptors (Lipinski definition) is 7. The van der Waals surface area contributed by atoms with Crippen LogP contribution in [0.25, 0.3) is 10.9 Å². The molecule has 1 heterocycles. The van der Waals surface area contributed by atoms with E-state index in [1.165, 1.54) is 13.8 Å². The normalized spacial score (nSPS) is 15.5. The van der Waals surface area contributed by atoms with Crippen molar-refractivity contribution in [1.82, 2.24) is 20.9 Å². The molecule has 0 aliphatic carbocycles. The zero-order valence-corrected chi connectivity index (χ0v) is 20.7. The van der Waals surface area contributed by atoms with E-state index in [0.29, 0.717) is 12.2 Å². The number of thioether (sulfide) groups is 1. The maximum absolute atomic E-state index is 13.1. The second-order valence-corrected chi connectivity index (χ2v) is 9.29. The summed E-state index contributed by atoms with van der Waals surface area (Å²) in [6.07, 6.45) is 2.88. The molecule has 0 aliphatic heterocycles. The van der Waals surface area contributed by atoms with Gasteiger partial charge in [-0.1, -0.05) is 18.2 Å². The molecule has 12 heteroatoms. The predicted molar refractivity (Wildman–Crippen MR) is 134 cm³/mol. The molecule has 0 bridgehead atoms. The molecular weight excluding hydrogens is 474 g/mol. The van der Waals surface area contributed by atoms with Crippen LogP contribution >= 0.6 is 11.8 Å². The van der Waals surface area contributed by atoms with Crippen LogP contribution < -0.4 is 21.7 Å². The van der Waals surface area contributed by atoms with Gasteiger partial charge in [0.1, 0.15) is 12.1 Å². The monoisotopic (exact) mass is 507 g/mol. The first-order valence-electron chi connectivity index (χ1n) is 11.2. The largest absolute Gasteiger partial charge is 0.480 e. The molecular formula is C23H33N5O6S. The average molecular weight is 508 g/mol. The van der Waals surface area contributed by atoms with Crippen LogP contribution in [0.1, 0.15) is 25.8 Å². The van der Waals surface area contributed by atoms with Gasteiger partial charge in [0.05, 0.1) is 12.1 Å². The van der Waals surface area contributed by atoms with Gasteiger partial charge in [0.15, 0.2) is 6.04 Å². The second kappa shape index (κ2) is 13.1. The number of aromatic nitrogens is 1. The molecule has 0 fully saturated rings. The van der Waals surface area contributed by atoms with Gasteiger partial charge >= 0.3 is 5.97 Å². The zero-order chi connectivity index (χ0) is 26.1. The Kier molecular flexibility index (Phi) is 10.6. The number of carbonyl (C=O) groups excluding carboxylic acids is 3. The number of fused-ring (bicyclic) bond motifs is 1. The fraction of sp³-hybridized carbons (Fsp3) is 0.478. The van der Waals surface area contributed by atoms with E-state index in [0.717, 1.165) is 16.5 Å². The van der Waals surface area contributed by atoms with Crippen molar-refractivity contribution in [2.45, 2.75) is 57.0 Å². The fourth-order valence-electron chi connectivity index (χ4n) is 3.43. The van der Waals surface area contributed by atoms with Gasteiger partial charge in [-0.2, -0.15) is 11.8 Å². The third-order valence-electron chi connectivity index (χ3n) is 5.50. The van der Waals surface area contributed by atoms with E-state index in [4.69, 9.17) is 10.8 Å². The number of aliphatic carboxylic acids is 1. The van der Waals surface area contributed by atoms with Crippen molar-refractivity contribution in [2.75, 3.05) is 12.0 Å². The molecule has 0 radical (unpaired) electrons. The van der Waals surface area contributed by atoms with Crippen molar-refractivity contribution < 1.29 is 29.4 Å². The first kappa shape index (κ1) is 28.1. The summed E-state index contributed by atoms with van der Waals surface area (Å²) >= 11 is 1.55. The third kappa shape index (κ3) is 7.98. The number of carboxylic acids is 1. The molecule has 1 aromatic carbocycles. The number of para-hydroxylation sites is 1. The molecule has 192 valence electrons. The molecule has 8 N–H and O–H groups in total. The van der Waals surface area contributed by atoms with E-state index >= 15 is 0 Å². The van der Waals surface area contributed by atoms with Gasteiger partial charge in [-0.3, -0.25) is 14.4 Å². The molecule has 1 aromatic heterocycles. The van der Waals surface area contributed by atoms with E-state index in [-0.39, 0.29) is 6.42 Å². The molecule has 2 rings (SSSR count). The van der Waals surface area contributed by atoms with Gasteiger partial charge in [-0.05, 0) is 43.9 Å². The molecule has 0 saturated heterocycles. The van der Waals surface area contributed by atoms with Crippen LogP contribution in [-0.4, -0.2) is 81.2 Å². The van der Waals surface area contributed by atoms with E-state index in [1.807, 2.05) is 30.5 Å². The Hall–Kier alpha value is -3.09. The summed E-state index contributed by atoms with van der Waals surface area (Å²) in [5.74, 6) is -2.64. The quantitative estimate of drug-likeness (QED) is 0.193. The standard InChI is InChI=1S/C23H33N5O6S/c1-12(20(30)28-19(13(2)29)23(33)34)26-22(32)18(27-21(31)16(24)8-9-35-3)10-14-11-25-17-7-5-4-6-15(14)17/h4-7,11-13,16,18-19,25,29H,8-10,24H2,1-3H3,(H,26,32)(H,27,31)(H,28,30)(H,33,34). The molecule has 5 atom stereocenters. The van der Waals surface area contributed by atoms with Crippen LogP contribution in [0.3, 0.4) is 0 Å². The summed E-state index contributed by atoms with van der Waals surface area (Å²) in [6.45, 7) is 2.61. The molecule has 11 nitrogen and oxygen atoms in total. The first-order chi connectivity index (χ1) is 16.5. The van der Waals surface area contributed by atoms with E-state index in [1.54, 1.807) is 18.0 Å². The minimum Gasteiger partial charge on any atom is -0.480 e. The average Bonchev–Trinajstić information content (AvgIpc) is 3.22.